The number of rotatable bonds is 3. The molecule has 0 unspecified atom stereocenters. The van der Waals surface area contributed by atoms with E-state index in [9.17, 15) is 0 Å². The molecule has 0 aliphatic rings. The Hall–Kier alpha value is -1.06. The van der Waals surface area contributed by atoms with Gasteiger partial charge in [0, 0.05) is 11.8 Å². The van der Waals surface area contributed by atoms with Crippen LogP contribution >= 0.6 is 27.5 Å². The van der Waals surface area contributed by atoms with Gasteiger partial charge >= 0.3 is 0 Å². The highest BCUT2D eigenvalue weighted by Gasteiger charge is 2.04. The zero-order valence-electron chi connectivity index (χ0n) is 9.28. The van der Waals surface area contributed by atoms with Crippen LogP contribution in [0.2, 0.25) is 5.15 Å². The minimum absolute atomic E-state index is 0.411. The Balaban J connectivity index is 2.10. The molecule has 0 aliphatic carbocycles. The van der Waals surface area contributed by atoms with Crippen LogP contribution in [0.5, 0.6) is 5.75 Å². The number of benzene rings is 1. The Morgan fingerprint density at radius 1 is 1.35 bits per heavy atom. The van der Waals surface area contributed by atoms with Crippen molar-refractivity contribution in [2.24, 2.45) is 0 Å². The maximum absolute atomic E-state index is 5.95. The molecule has 0 fully saturated rings. The lowest BCUT2D eigenvalue weighted by atomic mass is 10.2. The molecule has 0 bridgehead atoms. The van der Waals surface area contributed by atoms with Gasteiger partial charge in [0.2, 0.25) is 0 Å². The molecule has 2 rings (SSSR count). The van der Waals surface area contributed by atoms with Crippen LogP contribution in [0.4, 0.5) is 0 Å². The normalized spacial score (nSPS) is 10.3. The summed E-state index contributed by atoms with van der Waals surface area (Å²) in [5.41, 5.74) is 2.06. The molecule has 17 heavy (non-hydrogen) atoms. The fourth-order valence-corrected chi connectivity index (χ4v) is 2.19. The number of aromatic nitrogens is 1. The number of aryl methyl sites for hydroxylation is 1. The predicted octanol–water partition coefficient (Wildman–Crippen LogP) is 4.38. The summed E-state index contributed by atoms with van der Waals surface area (Å²) in [6.45, 7) is 2.45. The molecule has 0 atom stereocenters. The zero-order chi connectivity index (χ0) is 12.3. The van der Waals surface area contributed by atoms with E-state index in [2.05, 4.69) is 20.9 Å². The molecule has 0 saturated carbocycles. The number of halogens is 2. The first-order chi connectivity index (χ1) is 8.16. The second kappa shape index (κ2) is 5.52. The van der Waals surface area contributed by atoms with Gasteiger partial charge in [0.1, 0.15) is 17.5 Å². The van der Waals surface area contributed by atoms with E-state index in [0.717, 1.165) is 15.8 Å². The molecular formula is C13H11BrClNO. The molecule has 1 aromatic heterocycles. The summed E-state index contributed by atoms with van der Waals surface area (Å²) in [5.74, 6) is 0.801. The highest BCUT2D eigenvalue weighted by Crippen LogP contribution is 2.27. The third-order valence-electron chi connectivity index (χ3n) is 2.31. The van der Waals surface area contributed by atoms with Crippen molar-refractivity contribution < 1.29 is 4.74 Å². The van der Waals surface area contributed by atoms with Crippen LogP contribution in [0, 0.1) is 6.92 Å². The fraction of sp³-hybridized carbons (Fsp3) is 0.154. The Kier molecular flexibility index (Phi) is 4.02. The van der Waals surface area contributed by atoms with Crippen LogP contribution in [-0.4, -0.2) is 4.98 Å². The molecule has 0 spiro atoms. The second-order valence-electron chi connectivity index (χ2n) is 3.68. The highest BCUT2D eigenvalue weighted by atomic mass is 79.9. The quantitative estimate of drug-likeness (QED) is 0.784. The van der Waals surface area contributed by atoms with Crippen molar-refractivity contribution >= 4 is 27.5 Å². The van der Waals surface area contributed by atoms with E-state index in [-0.39, 0.29) is 0 Å². The van der Waals surface area contributed by atoms with Crippen LogP contribution in [0.25, 0.3) is 0 Å². The summed E-state index contributed by atoms with van der Waals surface area (Å²) < 4.78 is 6.63. The number of hydrogen-bond acceptors (Lipinski definition) is 2. The molecule has 0 aliphatic heterocycles. The molecule has 1 aromatic carbocycles. The zero-order valence-corrected chi connectivity index (χ0v) is 11.6. The van der Waals surface area contributed by atoms with Crippen molar-refractivity contribution in [3.8, 4) is 5.75 Å². The summed E-state index contributed by atoms with van der Waals surface area (Å²) in [4.78, 5) is 4.00. The second-order valence-corrected chi connectivity index (χ2v) is 4.89. The molecule has 88 valence electrons. The van der Waals surface area contributed by atoms with Crippen LogP contribution in [0.1, 0.15) is 11.1 Å². The SMILES string of the molecule is Cc1ccc(OCc2cccnc2Cl)c(Br)c1. The van der Waals surface area contributed by atoms with E-state index >= 15 is 0 Å². The van der Waals surface area contributed by atoms with Crippen molar-refractivity contribution in [1.29, 1.82) is 0 Å². The van der Waals surface area contributed by atoms with Gasteiger partial charge in [0.15, 0.2) is 0 Å². The Morgan fingerprint density at radius 3 is 2.88 bits per heavy atom. The number of nitrogens with zero attached hydrogens (tertiary/aromatic N) is 1. The topological polar surface area (TPSA) is 22.1 Å². The Morgan fingerprint density at radius 2 is 2.18 bits per heavy atom. The number of hydrogen-bond donors (Lipinski definition) is 0. The lowest BCUT2D eigenvalue weighted by molar-refractivity contribution is 0.304. The van der Waals surface area contributed by atoms with Gasteiger partial charge in [-0.15, -0.1) is 0 Å². The monoisotopic (exact) mass is 311 g/mol. The first kappa shape index (κ1) is 12.4. The number of ether oxygens (including phenoxy) is 1. The van der Waals surface area contributed by atoms with E-state index in [4.69, 9.17) is 16.3 Å². The van der Waals surface area contributed by atoms with Gasteiger partial charge in [-0.2, -0.15) is 0 Å². The third kappa shape index (κ3) is 3.20. The van der Waals surface area contributed by atoms with Gasteiger partial charge in [0.05, 0.1) is 4.47 Å². The van der Waals surface area contributed by atoms with Crippen LogP contribution in [-0.2, 0) is 6.61 Å². The van der Waals surface area contributed by atoms with Gasteiger partial charge in [-0.3, -0.25) is 0 Å². The average molecular weight is 313 g/mol. The maximum Gasteiger partial charge on any atom is 0.135 e. The smallest absolute Gasteiger partial charge is 0.135 e. The Labute approximate surface area is 114 Å². The van der Waals surface area contributed by atoms with Gasteiger partial charge in [-0.1, -0.05) is 23.7 Å². The van der Waals surface area contributed by atoms with Crippen molar-refractivity contribution in [2.45, 2.75) is 13.5 Å². The van der Waals surface area contributed by atoms with Crippen molar-refractivity contribution in [3.63, 3.8) is 0 Å². The molecule has 0 amide bonds. The third-order valence-corrected chi connectivity index (χ3v) is 3.27. The minimum atomic E-state index is 0.411. The van der Waals surface area contributed by atoms with E-state index in [1.54, 1.807) is 6.20 Å². The van der Waals surface area contributed by atoms with Gasteiger partial charge in [-0.25, -0.2) is 4.98 Å². The fourth-order valence-electron chi connectivity index (χ4n) is 1.41. The molecule has 2 nitrogen and oxygen atoms in total. The van der Waals surface area contributed by atoms with E-state index in [0.29, 0.717) is 11.8 Å². The summed E-state index contributed by atoms with van der Waals surface area (Å²) in [5, 5.41) is 0.482. The molecule has 0 radical (unpaired) electrons. The minimum Gasteiger partial charge on any atom is -0.488 e. The molecule has 4 heteroatoms. The largest absolute Gasteiger partial charge is 0.488 e. The summed E-state index contributed by atoms with van der Waals surface area (Å²) in [6.07, 6.45) is 1.66. The maximum atomic E-state index is 5.95. The van der Waals surface area contributed by atoms with Crippen LogP contribution < -0.4 is 4.74 Å². The lowest BCUT2D eigenvalue weighted by Gasteiger charge is -2.09. The molecule has 1 heterocycles. The molecule has 0 saturated heterocycles. The van der Waals surface area contributed by atoms with Gasteiger partial charge in [0.25, 0.3) is 0 Å². The Bertz CT molecular complexity index is 531. The summed E-state index contributed by atoms with van der Waals surface area (Å²) in [6, 6.07) is 9.70. The standard InChI is InChI=1S/C13H11BrClNO/c1-9-4-5-12(11(14)7-9)17-8-10-3-2-6-16-13(10)15/h2-7H,8H2,1H3. The first-order valence-electron chi connectivity index (χ1n) is 5.15. The summed E-state index contributed by atoms with van der Waals surface area (Å²) >= 11 is 9.42. The van der Waals surface area contributed by atoms with Gasteiger partial charge in [-0.05, 0) is 46.6 Å². The van der Waals surface area contributed by atoms with E-state index in [1.807, 2.05) is 37.3 Å². The number of pyridine rings is 1. The highest BCUT2D eigenvalue weighted by molar-refractivity contribution is 9.10. The van der Waals surface area contributed by atoms with Crippen LogP contribution in [0.15, 0.2) is 41.0 Å². The molecular weight excluding hydrogens is 302 g/mol. The molecule has 2 aromatic rings. The van der Waals surface area contributed by atoms with Crippen molar-refractivity contribution in [1.82, 2.24) is 4.98 Å². The lowest BCUT2D eigenvalue weighted by Crippen LogP contribution is -1.97. The van der Waals surface area contributed by atoms with Gasteiger partial charge < -0.3 is 4.74 Å². The average Bonchev–Trinajstić information content (AvgIpc) is 2.30. The van der Waals surface area contributed by atoms with E-state index < -0.39 is 0 Å². The predicted molar refractivity (Wildman–Crippen MR) is 72.5 cm³/mol. The molecule has 0 N–H and O–H groups in total. The van der Waals surface area contributed by atoms with E-state index in [1.165, 1.54) is 5.56 Å². The summed E-state index contributed by atoms with van der Waals surface area (Å²) in [7, 11) is 0. The van der Waals surface area contributed by atoms with Crippen molar-refractivity contribution in [3.05, 3.63) is 57.3 Å². The first-order valence-corrected chi connectivity index (χ1v) is 6.32. The van der Waals surface area contributed by atoms with Crippen molar-refractivity contribution in [2.75, 3.05) is 0 Å². The van der Waals surface area contributed by atoms with Crippen LogP contribution in [0.3, 0.4) is 0 Å².